The van der Waals surface area contributed by atoms with Crippen LogP contribution in [0.5, 0.6) is 0 Å². The van der Waals surface area contributed by atoms with E-state index in [0.717, 1.165) is 17.0 Å². The van der Waals surface area contributed by atoms with E-state index in [2.05, 4.69) is 26.9 Å². The van der Waals surface area contributed by atoms with Gasteiger partial charge >= 0.3 is 6.09 Å². The van der Waals surface area contributed by atoms with Crippen molar-refractivity contribution in [1.29, 1.82) is 0 Å². The Morgan fingerprint density at radius 2 is 2.06 bits per heavy atom. The Morgan fingerprint density at radius 3 is 2.87 bits per heavy atom. The molecule has 0 bridgehead atoms. The lowest BCUT2D eigenvalue weighted by molar-refractivity contribution is -0.0447. The van der Waals surface area contributed by atoms with Crippen molar-refractivity contribution in [2.75, 3.05) is 19.7 Å². The number of ether oxygens (including phenoxy) is 2. The summed E-state index contributed by atoms with van der Waals surface area (Å²) in [4.78, 5) is 23.2. The number of hydrogen-bond donors (Lipinski definition) is 0. The van der Waals surface area contributed by atoms with Gasteiger partial charge in [0, 0.05) is 18.4 Å². The highest BCUT2D eigenvalue weighted by Crippen LogP contribution is 2.22. The number of aromatic nitrogens is 4. The molecule has 31 heavy (non-hydrogen) atoms. The third-order valence-corrected chi connectivity index (χ3v) is 4.65. The zero-order valence-corrected chi connectivity index (χ0v) is 18.1. The second-order valence-corrected chi connectivity index (χ2v) is 8.38. The molecule has 0 N–H and O–H groups in total. The van der Waals surface area contributed by atoms with Gasteiger partial charge in [-0.25, -0.2) is 19.3 Å². The normalized spacial score (nSPS) is 16.6. The second-order valence-electron chi connectivity index (χ2n) is 8.38. The fourth-order valence-corrected chi connectivity index (χ4v) is 3.20. The molecule has 1 aliphatic rings. The van der Waals surface area contributed by atoms with Crippen molar-refractivity contribution in [3.8, 4) is 11.8 Å². The molecule has 160 valence electrons. The zero-order valence-electron chi connectivity index (χ0n) is 18.1. The number of morpholine rings is 1. The number of amides is 1. The van der Waals surface area contributed by atoms with Crippen LogP contribution in [0.4, 0.5) is 4.79 Å². The summed E-state index contributed by atoms with van der Waals surface area (Å²) in [6.07, 6.45) is 2.89. The van der Waals surface area contributed by atoms with Crippen LogP contribution in [0.3, 0.4) is 0 Å². The van der Waals surface area contributed by atoms with E-state index in [0.29, 0.717) is 31.0 Å². The van der Waals surface area contributed by atoms with Crippen LogP contribution in [0.25, 0.3) is 5.65 Å². The van der Waals surface area contributed by atoms with Crippen LogP contribution in [0.15, 0.2) is 36.7 Å². The number of hydrogen-bond acceptors (Lipinski definition) is 6. The van der Waals surface area contributed by atoms with Crippen LogP contribution in [0.2, 0.25) is 0 Å². The van der Waals surface area contributed by atoms with Crippen molar-refractivity contribution in [2.45, 2.75) is 39.4 Å². The fraction of sp³-hybridized carbons (Fsp3) is 0.391. The number of pyridine rings is 1. The van der Waals surface area contributed by atoms with Gasteiger partial charge < -0.3 is 14.4 Å². The predicted octanol–water partition coefficient (Wildman–Crippen LogP) is 3.14. The molecule has 1 saturated heterocycles. The Kier molecular flexibility index (Phi) is 5.61. The minimum Gasteiger partial charge on any atom is -0.444 e. The van der Waals surface area contributed by atoms with E-state index in [1.807, 2.05) is 58.2 Å². The van der Waals surface area contributed by atoms with Gasteiger partial charge in [0.25, 0.3) is 0 Å². The molecule has 0 radical (unpaired) electrons. The van der Waals surface area contributed by atoms with E-state index in [4.69, 9.17) is 9.47 Å². The zero-order chi connectivity index (χ0) is 22.0. The summed E-state index contributed by atoms with van der Waals surface area (Å²) in [5.74, 6) is 6.20. The summed E-state index contributed by atoms with van der Waals surface area (Å²) in [5.41, 5.74) is 3.16. The number of fused-ring (bicyclic) bond motifs is 1. The molecule has 0 aliphatic carbocycles. The standard InChI is InChI=1S/C23H25N5O3/c1-16-10-11-28-21(25-16)17(14-24-28)8-9-18-6-5-7-19(26-18)20-15-27(12-13-30-20)22(29)31-23(2,3)4/h5-7,10-11,14,20H,12-13,15H2,1-4H3. The van der Waals surface area contributed by atoms with E-state index in [1.54, 1.807) is 15.6 Å². The van der Waals surface area contributed by atoms with Gasteiger partial charge in [-0.05, 0) is 51.8 Å². The maximum absolute atomic E-state index is 12.4. The van der Waals surface area contributed by atoms with Gasteiger partial charge in [-0.1, -0.05) is 12.0 Å². The lowest BCUT2D eigenvalue weighted by atomic mass is 10.1. The molecular formula is C23H25N5O3. The van der Waals surface area contributed by atoms with Crippen molar-refractivity contribution in [1.82, 2.24) is 24.5 Å². The second kappa shape index (κ2) is 8.36. The van der Waals surface area contributed by atoms with Crippen LogP contribution >= 0.6 is 0 Å². The minimum absolute atomic E-state index is 0.329. The van der Waals surface area contributed by atoms with E-state index >= 15 is 0 Å². The van der Waals surface area contributed by atoms with Gasteiger partial charge in [-0.3, -0.25) is 0 Å². The third kappa shape index (κ3) is 5.01. The number of carbonyl (C=O) groups excluding carboxylic acids is 1. The SMILES string of the molecule is Cc1ccn2ncc(C#Cc3cccc(C4CN(C(=O)OC(C)(C)C)CCO4)n3)c2n1. The summed E-state index contributed by atoms with van der Waals surface area (Å²) in [6.45, 7) is 8.80. The minimum atomic E-state index is -0.538. The smallest absolute Gasteiger partial charge is 0.410 e. The van der Waals surface area contributed by atoms with E-state index in [1.165, 1.54) is 0 Å². The number of rotatable bonds is 1. The van der Waals surface area contributed by atoms with Crippen molar-refractivity contribution in [3.63, 3.8) is 0 Å². The molecule has 4 heterocycles. The summed E-state index contributed by atoms with van der Waals surface area (Å²) < 4.78 is 13.0. The Morgan fingerprint density at radius 1 is 1.23 bits per heavy atom. The molecule has 3 aromatic rings. The van der Waals surface area contributed by atoms with Crippen molar-refractivity contribution in [3.05, 3.63) is 59.3 Å². The Balaban J connectivity index is 1.52. The fourth-order valence-electron chi connectivity index (χ4n) is 3.20. The van der Waals surface area contributed by atoms with Crippen molar-refractivity contribution < 1.29 is 14.3 Å². The predicted molar refractivity (Wildman–Crippen MR) is 114 cm³/mol. The first kappa shape index (κ1) is 20.8. The molecule has 0 aromatic carbocycles. The maximum Gasteiger partial charge on any atom is 0.410 e. The summed E-state index contributed by atoms with van der Waals surface area (Å²) in [6, 6.07) is 7.51. The topological polar surface area (TPSA) is 81.9 Å². The first-order valence-electron chi connectivity index (χ1n) is 10.2. The van der Waals surface area contributed by atoms with E-state index in [9.17, 15) is 4.79 Å². The molecule has 8 heteroatoms. The van der Waals surface area contributed by atoms with Crippen LogP contribution in [-0.4, -0.2) is 55.9 Å². The van der Waals surface area contributed by atoms with Gasteiger partial charge in [0.15, 0.2) is 5.65 Å². The Bertz CT molecular complexity index is 1170. The molecule has 3 aromatic heterocycles. The number of carbonyl (C=O) groups is 1. The van der Waals surface area contributed by atoms with Crippen molar-refractivity contribution in [2.24, 2.45) is 0 Å². The molecule has 8 nitrogen and oxygen atoms in total. The first-order chi connectivity index (χ1) is 14.8. The molecule has 0 spiro atoms. The van der Waals surface area contributed by atoms with Crippen LogP contribution in [0, 0.1) is 18.8 Å². The molecule has 4 rings (SSSR count). The summed E-state index contributed by atoms with van der Waals surface area (Å²) >= 11 is 0. The van der Waals surface area contributed by atoms with Gasteiger partial charge in [0.1, 0.15) is 17.4 Å². The molecule has 1 atom stereocenters. The van der Waals surface area contributed by atoms with Gasteiger partial charge in [-0.2, -0.15) is 5.10 Å². The first-order valence-corrected chi connectivity index (χ1v) is 10.2. The molecule has 1 aliphatic heterocycles. The highest BCUT2D eigenvalue weighted by molar-refractivity contribution is 5.68. The van der Waals surface area contributed by atoms with E-state index < -0.39 is 5.60 Å². The van der Waals surface area contributed by atoms with Gasteiger partial charge in [0.05, 0.1) is 30.6 Å². The Hall–Kier alpha value is -3.44. The highest BCUT2D eigenvalue weighted by atomic mass is 16.6. The van der Waals surface area contributed by atoms with Gasteiger partial charge in [0.2, 0.25) is 0 Å². The number of nitrogens with zero attached hydrogens (tertiary/aromatic N) is 5. The maximum atomic E-state index is 12.4. The van der Waals surface area contributed by atoms with Crippen LogP contribution in [-0.2, 0) is 9.47 Å². The highest BCUT2D eigenvalue weighted by Gasteiger charge is 2.29. The molecule has 1 amide bonds. The average molecular weight is 419 g/mol. The molecule has 1 fully saturated rings. The number of aryl methyl sites for hydroxylation is 1. The average Bonchev–Trinajstić information content (AvgIpc) is 3.13. The van der Waals surface area contributed by atoms with E-state index in [-0.39, 0.29) is 12.2 Å². The van der Waals surface area contributed by atoms with Crippen molar-refractivity contribution >= 4 is 11.7 Å². The quantitative estimate of drug-likeness (QED) is 0.564. The molecular weight excluding hydrogens is 394 g/mol. The lowest BCUT2D eigenvalue weighted by Gasteiger charge is -2.34. The molecule has 0 saturated carbocycles. The monoisotopic (exact) mass is 419 g/mol. The summed E-state index contributed by atoms with van der Waals surface area (Å²) in [5, 5.41) is 4.28. The van der Waals surface area contributed by atoms with Crippen LogP contribution < -0.4 is 0 Å². The summed E-state index contributed by atoms with van der Waals surface area (Å²) in [7, 11) is 0. The lowest BCUT2D eigenvalue weighted by Crippen LogP contribution is -2.44. The third-order valence-electron chi connectivity index (χ3n) is 4.65. The van der Waals surface area contributed by atoms with Gasteiger partial charge in [-0.15, -0.1) is 0 Å². The largest absolute Gasteiger partial charge is 0.444 e. The Labute approximate surface area is 181 Å². The van der Waals surface area contributed by atoms with Crippen LogP contribution in [0.1, 0.15) is 49.5 Å². The molecule has 1 unspecified atom stereocenters.